The summed E-state index contributed by atoms with van der Waals surface area (Å²) in [4.78, 5) is 10.7. The Hall–Kier alpha value is -1.55. The number of nitrogens with one attached hydrogen (secondary N) is 1. The standard InChI is InChI=1S/C11H15NO3/c1-8(13)7-15-11-5-3-10(4-6-11)12-9(2)14/h3-6,8,13H,7H2,1-2H3,(H,12,14). The lowest BCUT2D eigenvalue weighted by Gasteiger charge is -2.08. The van der Waals surface area contributed by atoms with Crippen molar-refractivity contribution in [2.45, 2.75) is 20.0 Å². The maximum atomic E-state index is 10.7. The number of ether oxygens (including phenoxy) is 1. The Labute approximate surface area is 88.9 Å². The Kier molecular flexibility index (Phi) is 4.12. The summed E-state index contributed by atoms with van der Waals surface area (Å²) in [6.07, 6.45) is -0.486. The quantitative estimate of drug-likeness (QED) is 0.788. The molecule has 0 saturated heterocycles. The molecule has 0 aromatic heterocycles. The number of anilines is 1. The van der Waals surface area contributed by atoms with Gasteiger partial charge in [0.15, 0.2) is 0 Å². The highest BCUT2D eigenvalue weighted by Crippen LogP contribution is 2.15. The molecule has 0 aliphatic heterocycles. The van der Waals surface area contributed by atoms with Crippen molar-refractivity contribution in [2.75, 3.05) is 11.9 Å². The van der Waals surface area contributed by atoms with E-state index >= 15 is 0 Å². The predicted molar refractivity (Wildman–Crippen MR) is 57.9 cm³/mol. The van der Waals surface area contributed by atoms with Crippen LogP contribution in [0.4, 0.5) is 5.69 Å². The molecule has 4 nitrogen and oxygen atoms in total. The number of hydrogen-bond donors (Lipinski definition) is 2. The van der Waals surface area contributed by atoms with Crippen LogP contribution in [-0.4, -0.2) is 23.7 Å². The number of rotatable bonds is 4. The Morgan fingerprint density at radius 2 is 2.07 bits per heavy atom. The van der Waals surface area contributed by atoms with Crippen LogP contribution in [0.2, 0.25) is 0 Å². The van der Waals surface area contributed by atoms with Crippen LogP contribution in [0.15, 0.2) is 24.3 Å². The number of aliphatic hydroxyl groups excluding tert-OH is 1. The molecule has 0 saturated carbocycles. The zero-order chi connectivity index (χ0) is 11.3. The fourth-order valence-electron chi connectivity index (χ4n) is 1.05. The summed E-state index contributed by atoms with van der Waals surface area (Å²) in [5.41, 5.74) is 0.729. The molecule has 2 N–H and O–H groups in total. The molecule has 1 unspecified atom stereocenters. The third-order valence-electron chi connectivity index (χ3n) is 1.67. The summed E-state index contributed by atoms with van der Waals surface area (Å²) < 4.78 is 5.26. The topological polar surface area (TPSA) is 58.6 Å². The van der Waals surface area contributed by atoms with Crippen LogP contribution in [-0.2, 0) is 4.79 Å². The van der Waals surface area contributed by atoms with Gasteiger partial charge in [-0.15, -0.1) is 0 Å². The maximum Gasteiger partial charge on any atom is 0.221 e. The number of amides is 1. The summed E-state index contributed by atoms with van der Waals surface area (Å²) in [7, 11) is 0. The predicted octanol–water partition coefficient (Wildman–Crippen LogP) is 1.40. The molecular formula is C11H15NO3. The highest BCUT2D eigenvalue weighted by atomic mass is 16.5. The normalized spacial score (nSPS) is 11.9. The van der Waals surface area contributed by atoms with Crippen molar-refractivity contribution in [1.82, 2.24) is 0 Å². The van der Waals surface area contributed by atoms with Crippen molar-refractivity contribution in [3.8, 4) is 5.75 Å². The summed E-state index contributed by atoms with van der Waals surface area (Å²) in [5, 5.41) is 11.7. The monoisotopic (exact) mass is 209 g/mol. The largest absolute Gasteiger partial charge is 0.491 e. The van der Waals surface area contributed by atoms with Crippen molar-refractivity contribution in [1.29, 1.82) is 0 Å². The molecule has 0 aliphatic rings. The second-order valence-corrected chi connectivity index (χ2v) is 3.37. The van der Waals surface area contributed by atoms with Crippen molar-refractivity contribution in [3.05, 3.63) is 24.3 Å². The van der Waals surface area contributed by atoms with Gasteiger partial charge < -0.3 is 15.2 Å². The fraction of sp³-hybridized carbons (Fsp3) is 0.364. The lowest BCUT2D eigenvalue weighted by Crippen LogP contribution is -2.12. The van der Waals surface area contributed by atoms with Crippen molar-refractivity contribution in [2.24, 2.45) is 0 Å². The number of hydrogen-bond acceptors (Lipinski definition) is 3. The van der Waals surface area contributed by atoms with Gasteiger partial charge in [-0.2, -0.15) is 0 Å². The molecule has 4 heteroatoms. The smallest absolute Gasteiger partial charge is 0.221 e. The first-order chi connectivity index (χ1) is 7.08. The molecule has 0 aliphatic carbocycles. The molecule has 82 valence electrons. The molecule has 0 heterocycles. The van der Waals surface area contributed by atoms with Gasteiger partial charge >= 0.3 is 0 Å². The lowest BCUT2D eigenvalue weighted by atomic mass is 10.3. The van der Waals surface area contributed by atoms with Crippen molar-refractivity contribution >= 4 is 11.6 Å². The summed E-state index contributed by atoms with van der Waals surface area (Å²) in [6, 6.07) is 6.98. The van der Waals surface area contributed by atoms with Gasteiger partial charge in [-0.3, -0.25) is 4.79 Å². The molecule has 0 fully saturated rings. The average Bonchev–Trinajstić information content (AvgIpc) is 2.16. The average molecular weight is 209 g/mol. The third kappa shape index (κ3) is 4.46. The van der Waals surface area contributed by atoms with E-state index in [0.29, 0.717) is 5.75 Å². The number of carbonyl (C=O) groups excluding carboxylic acids is 1. The molecule has 1 aromatic carbocycles. The first-order valence-corrected chi connectivity index (χ1v) is 4.76. The number of benzene rings is 1. The Morgan fingerprint density at radius 1 is 1.47 bits per heavy atom. The van der Waals surface area contributed by atoms with E-state index in [4.69, 9.17) is 9.84 Å². The van der Waals surface area contributed by atoms with Crippen LogP contribution in [0, 0.1) is 0 Å². The summed E-state index contributed by atoms with van der Waals surface area (Å²) >= 11 is 0. The number of carbonyl (C=O) groups is 1. The van der Waals surface area contributed by atoms with Crippen LogP contribution in [0.5, 0.6) is 5.75 Å². The summed E-state index contributed by atoms with van der Waals surface area (Å²) in [5.74, 6) is 0.567. The van der Waals surface area contributed by atoms with E-state index in [0.717, 1.165) is 5.69 Å². The molecular weight excluding hydrogens is 194 g/mol. The Bertz CT molecular complexity index is 319. The van der Waals surface area contributed by atoms with E-state index in [-0.39, 0.29) is 12.5 Å². The first kappa shape index (κ1) is 11.5. The third-order valence-corrected chi connectivity index (χ3v) is 1.67. The van der Waals surface area contributed by atoms with Gasteiger partial charge in [-0.25, -0.2) is 0 Å². The Balaban J connectivity index is 2.52. The fourth-order valence-corrected chi connectivity index (χ4v) is 1.05. The van der Waals surface area contributed by atoms with E-state index in [2.05, 4.69) is 5.32 Å². The van der Waals surface area contributed by atoms with E-state index in [9.17, 15) is 4.79 Å². The zero-order valence-corrected chi connectivity index (χ0v) is 8.86. The molecule has 1 amide bonds. The highest BCUT2D eigenvalue weighted by Gasteiger charge is 1.99. The molecule has 0 bridgehead atoms. The molecule has 0 radical (unpaired) electrons. The van der Waals surface area contributed by atoms with Crippen molar-refractivity contribution < 1.29 is 14.6 Å². The van der Waals surface area contributed by atoms with Crippen LogP contribution in [0.25, 0.3) is 0 Å². The molecule has 1 atom stereocenters. The van der Waals surface area contributed by atoms with Gasteiger partial charge in [0, 0.05) is 12.6 Å². The van der Waals surface area contributed by atoms with E-state index in [1.54, 1.807) is 31.2 Å². The SMILES string of the molecule is CC(=O)Nc1ccc(OCC(C)O)cc1. The van der Waals surface area contributed by atoms with Gasteiger partial charge in [0.25, 0.3) is 0 Å². The summed E-state index contributed by atoms with van der Waals surface area (Å²) in [6.45, 7) is 3.38. The minimum atomic E-state index is -0.486. The van der Waals surface area contributed by atoms with Crippen LogP contribution >= 0.6 is 0 Å². The van der Waals surface area contributed by atoms with Gasteiger partial charge in [0.1, 0.15) is 12.4 Å². The van der Waals surface area contributed by atoms with Crippen LogP contribution in [0.3, 0.4) is 0 Å². The van der Waals surface area contributed by atoms with Gasteiger partial charge in [-0.1, -0.05) is 0 Å². The van der Waals surface area contributed by atoms with Crippen LogP contribution in [0.1, 0.15) is 13.8 Å². The molecule has 0 spiro atoms. The molecule has 1 aromatic rings. The Morgan fingerprint density at radius 3 is 2.53 bits per heavy atom. The minimum absolute atomic E-state index is 0.104. The van der Waals surface area contributed by atoms with E-state index in [1.165, 1.54) is 6.92 Å². The lowest BCUT2D eigenvalue weighted by molar-refractivity contribution is -0.114. The van der Waals surface area contributed by atoms with Crippen molar-refractivity contribution in [3.63, 3.8) is 0 Å². The van der Waals surface area contributed by atoms with Gasteiger partial charge in [0.05, 0.1) is 6.10 Å². The number of aliphatic hydroxyl groups is 1. The van der Waals surface area contributed by atoms with E-state index in [1.807, 2.05) is 0 Å². The zero-order valence-electron chi connectivity index (χ0n) is 8.86. The molecule has 1 rings (SSSR count). The second kappa shape index (κ2) is 5.36. The van der Waals surface area contributed by atoms with Crippen LogP contribution < -0.4 is 10.1 Å². The highest BCUT2D eigenvalue weighted by molar-refractivity contribution is 5.88. The van der Waals surface area contributed by atoms with Gasteiger partial charge in [-0.05, 0) is 31.2 Å². The first-order valence-electron chi connectivity index (χ1n) is 4.76. The van der Waals surface area contributed by atoms with Gasteiger partial charge in [0.2, 0.25) is 5.91 Å². The second-order valence-electron chi connectivity index (χ2n) is 3.37. The molecule has 15 heavy (non-hydrogen) atoms. The van der Waals surface area contributed by atoms with E-state index < -0.39 is 6.10 Å². The maximum absolute atomic E-state index is 10.7. The minimum Gasteiger partial charge on any atom is -0.491 e.